The molecule has 11 aromatic rings. The van der Waals surface area contributed by atoms with Crippen LogP contribution in [-0.2, 0) is 0 Å². The molecule has 0 saturated carbocycles. The summed E-state index contributed by atoms with van der Waals surface area (Å²) in [5.74, 6) is 0. The number of hydrogen-bond acceptors (Lipinski definition) is 4. The summed E-state index contributed by atoms with van der Waals surface area (Å²) in [7, 11) is 0. The molecular formula is C42H23N3OS. The first kappa shape index (κ1) is 25.2. The number of imidazole rings is 1. The fourth-order valence-corrected chi connectivity index (χ4v) is 8.58. The van der Waals surface area contributed by atoms with Crippen LogP contribution < -0.4 is 0 Å². The number of furan rings is 1. The van der Waals surface area contributed by atoms with E-state index in [0.29, 0.717) is 0 Å². The summed E-state index contributed by atoms with van der Waals surface area (Å²) in [4.78, 5) is 10.0. The molecule has 0 spiro atoms. The van der Waals surface area contributed by atoms with Gasteiger partial charge in [-0.1, -0.05) is 84.9 Å². The highest BCUT2D eigenvalue weighted by Crippen LogP contribution is 2.40. The lowest BCUT2D eigenvalue weighted by atomic mass is 9.96. The minimum absolute atomic E-state index is 0.853. The van der Waals surface area contributed by atoms with Crippen LogP contribution in [0.3, 0.4) is 0 Å². The second kappa shape index (κ2) is 9.25. The molecular weight excluding hydrogens is 595 g/mol. The molecule has 6 aromatic carbocycles. The van der Waals surface area contributed by atoms with Gasteiger partial charge in [-0.3, -0.25) is 9.38 Å². The highest BCUT2D eigenvalue weighted by Gasteiger charge is 2.18. The summed E-state index contributed by atoms with van der Waals surface area (Å²) < 4.78 is 11.1. The smallest absolute Gasteiger partial charge is 0.152 e. The third-order valence-corrected chi connectivity index (χ3v) is 10.8. The summed E-state index contributed by atoms with van der Waals surface area (Å²) >= 11 is 1.85. The maximum absolute atomic E-state index is 6.29. The molecule has 0 unspecified atom stereocenters. The van der Waals surface area contributed by atoms with Crippen LogP contribution in [0.5, 0.6) is 0 Å². The molecule has 4 nitrogen and oxygen atoms in total. The van der Waals surface area contributed by atoms with Crippen LogP contribution in [-0.4, -0.2) is 14.4 Å². The fourth-order valence-electron chi connectivity index (χ4n) is 7.43. The molecule has 5 heterocycles. The van der Waals surface area contributed by atoms with Crippen LogP contribution in [0.4, 0.5) is 0 Å². The Hall–Kier alpha value is -6.04. The van der Waals surface area contributed by atoms with Crippen molar-refractivity contribution in [2.75, 3.05) is 0 Å². The van der Waals surface area contributed by atoms with Gasteiger partial charge < -0.3 is 4.42 Å². The van der Waals surface area contributed by atoms with Gasteiger partial charge in [0.05, 0.1) is 22.9 Å². The molecule has 0 radical (unpaired) electrons. The number of pyridine rings is 2. The average molecular weight is 618 g/mol. The Bertz CT molecular complexity index is 3090. The van der Waals surface area contributed by atoms with Crippen LogP contribution in [0.15, 0.2) is 144 Å². The van der Waals surface area contributed by atoms with Gasteiger partial charge >= 0.3 is 0 Å². The molecule has 0 aliphatic heterocycles. The maximum Gasteiger partial charge on any atom is 0.152 e. The first-order valence-electron chi connectivity index (χ1n) is 15.7. The van der Waals surface area contributed by atoms with Gasteiger partial charge in [0.15, 0.2) is 5.58 Å². The Morgan fingerprint density at radius 3 is 2.19 bits per heavy atom. The van der Waals surface area contributed by atoms with Crippen molar-refractivity contribution < 1.29 is 4.42 Å². The molecule has 11 rings (SSSR count). The molecule has 0 amide bonds. The lowest BCUT2D eigenvalue weighted by molar-refractivity contribution is 0.666. The fraction of sp³-hybridized carbons (Fsp3) is 0. The first-order chi connectivity index (χ1) is 23.3. The van der Waals surface area contributed by atoms with Crippen LogP contribution >= 0.6 is 11.3 Å². The molecule has 0 aliphatic carbocycles. The van der Waals surface area contributed by atoms with E-state index in [0.717, 1.165) is 66.2 Å². The van der Waals surface area contributed by atoms with Crippen molar-refractivity contribution in [3.8, 4) is 22.4 Å². The van der Waals surface area contributed by atoms with Crippen LogP contribution in [0.2, 0.25) is 0 Å². The summed E-state index contributed by atoms with van der Waals surface area (Å²) in [5, 5.41) is 9.46. The van der Waals surface area contributed by atoms with Gasteiger partial charge in [-0.2, -0.15) is 0 Å². The number of benzene rings is 6. The van der Waals surface area contributed by atoms with Crippen LogP contribution in [0, 0.1) is 0 Å². The second-order valence-corrected chi connectivity index (χ2v) is 13.3. The lowest BCUT2D eigenvalue weighted by Gasteiger charge is -2.10. The zero-order valence-electron chi connectivity index (χ0n) is 24.9. The van der Waals surface area contributed by atoms with Gasteiger partial charge in [0, 0.05) is 53.5 Å². The van der Waals surface area contributed by atoms with Crippen LogP contribution in [0.1, 0.15) is 0 Å². The van der Waals surface area contributed by atoms with Gasteiger partial charge in [0.1, 0.15) is 11.2 Å². The Morgan fingerprint density at radius 1 is 0.511 bits per heavy atom. The molecule has 47 heavy (non-hydrogen) atoms. The number of para-hydroxylation sites is 1. The van der Waals surface area contributed by atoms with E-state index in [-0.39, 0.29) is 0 Å². The maximum atomic E-state index is 6.29. The highest BCUT2D eigenvalue weighted by molar-refractivity contribution is 7.25. The van der Waals surface area contributed by atoms with E-state index < -0.39 is 0 Å². The van der Waals surface area contributed by atoms with E-state index in [1.807, 2.05) is 29.7 Å². The predicted octanol–water partition coefficient (Wildman–Crippen LogP) is 11.8. The Kier molecular flexibility index (Phi) is 4.96. The third-order valence-electron chi connectivity index (χ3n) is 9.64. The molecule has 218 valence electrons. The van der Waals surface area contributed by atoms with Crippen molar-refractivity contribution in [1.29, 1.82) is 0 Å². The Balaban J connectivity index is 1.11. The summed E-state index contributed by atoms with van der Waals surface area (Å²) in [5.41, 5.74) is 9.12. The van der Waals surface area contributed by atoms with E-state index >= 15 is 0 Å². The van der Waals surface area contributed by atoms with Crippen molar-refractivity contribution in [2.45, 2.75) is 0 Å². The van der Waals surface area contributed by atoms with Gasteiger partial charge in [-0.25, -0.2) is 4.98 Å². The van der Waals surface area contributed by atoms with Crippen molar-refractivity contribution in [3.05, 3.63) is 140 Å². The zero-order chi connectivity index (χ0) is 30.6. The van der Waals surface area contributed by atoms with Gasteiger partial charge in [-0.05, 0) is 64.4 Å². The molecule has 0 N–H and O–H groups in total. The van der Waals surface area contributed by atoms with Crippen molar-refractivity contribution >= 4 is 91.7 Å². The minimum atomic E-state index is 0.853. The average Bonchev–Trinajstić information content (AvgIpc) is 3.81. The van der Waals surface area contributed by atoms with E-state index in [1.54, 1.807) is 0 Å². The number of fused-ring (bicyclic) bond motifs is 14. The van der Waals surface area contributed by atoms with Crippen molar-refractivity contribution in [3.63, 3.8) is 0 Å². The summed E-state index contributed by atoms with van der Waals surface area (Å²) in [6.07, 6.45) is 4.02. The van der Waals surface area contributed by atoms with Gasteiger partial charge in [0.2, 0.25) is 0 Å². The van der Waals surface area contributed by atoms with E-state index in [2.05, 4.69) is 126 Å². The SMILES string of the molecule is c1ccc2c(c1)oc1cn3c(cc12)nc1c2ccccc2c2cc(-c4cc(-c5ccc6c(c5)sc5ccccc56)ccn4)ccc2c13. The zero-order valence-corrected chi connectivity index (χ0v) is 25.8. The quantitative estimate of drug-likeness (QED) is 0.181. The predicted molar refractivity (Wildman–Crippen MR) is 197 cm³/mol. The topological polar surface area (TPSA) is 43.3 Å². The standard InChI is InChI=1S/C42H23N3OS/c1-2-10-31-27(7-1)33-19-26(35-20-25(17-18-43-35)24-13-15-30-29-9-4-6-12-38(29)47-39(30)21-24)14-16-32(33)42-41(31)44-40-22-34-28-8-3-5-11-36(28)46-37(34)23-45(40)42/h1-23H. The number of thiophene rings is 1. The third kappa shape index (κ3) is 3.57. The second-order valence-electron chi connectivity index (χ2n) is 12.2. The lowest BCUT2D eigenvalue weighted by Crippen LogP contribution is -1.89. The minimum Gasteiger partial charge on any atom is -0.455 e. The Labute approximate surface area is 271 Å². The van der Waals surface area contributed by atoms with Crippen molar-refractivity contribution in [1.82, 2.24) is 14.4 Å². The molecule has 0 bridgehead atoms. The van der Waals surface area contributed by atoms with Gasteiger partial charge in [-0.15, -0.1) is 11.3 Å². The molecule has 5 heteroatoms. The van der Waals surface area contributed by atoms with E-state index in [1.165, 1.54) is 36.5 Å². The first-order valence-corrected chi connectivity index (χ1v) is 16.5. The molecule has 0 fully saturated rings. The number of aromatic nitrogens is 3. The van der Waals surface area contributed by atoms with E-state index in [9.17, 15) is 0 Å². The molecule has 0 saturated heterocycles. The molecule has 0 aliphatic rings. The van der Waals surface area contributed by atoms with Crippen molar-refractivity contribution in [2.24, 2.45) is 0 Å². The molecule has 0 atom stereocenters. The molecule has 5 aromatic heterocycles. The summed E-state index contributed by atoms with van der Waals surface area (Å²) in [6, 6.07) is 45.4. The highest BCUT2D eigenvalue weighted by atomic mass is 32.1. The van der Waals surface area contributed by atoms with Gasteiger partial charge in [0.25, 0.3) is 0 Å². The van der Waals surface area contributed by atoms with Crippen LogP contribution in [0.25, 0.3) is 103 Å². The Morgan fingerprint density at radius 2 is 1.26 bits per heavy atom. The normalized spacial score (nSPS) is 12.3. The largest absolute Gasteiger partial charge is 0.455 e. The monoisotopic (exact) mass is 617 g/mol. The van der Waals surface area contributed by atoms with E-state index in [4.69, 9.17) is 14.4 Å². The number of nitrogens with zero attached hydrogens (tertiary/aromatic N) is 3. The number of rotatable bonds is 2. The summed E-state index contributed by atoms with van der Waals surface area (Å²) in [6.45, 7) is 0. The number of hydrogen-bond donors (Lipinski definition) is 0.